The van der Waals surface area contributed by atoms with Gasteiger partial charge < -0.3 is 60.0 Å². The van der Waals surface area contributed by atoms with E-state index in [0.717, 1.165) is 40.3 Å². The van der Waals surface area contributed by atoms with Gasteiger partial charge in [-0.1, -0.05) is 143 Å². The van der Waals surface area contributed by atoms with Gasteiger partial charge in [-0.2, -0.15) is 91.3 Å². The minimum atomic E-state index is -4.83. The van der Waals surface area contributed by atoms with Crippen molar-refractivity contribution in [1.29, 1.82) is 0 Å². The number of methoxy groups -OCH3 is 3. The average Bonchev–Trinajstić information content (AvgIpc) is 1.60. The lowest BCUT2D eigenvalue weighted by Gasteiger charge is -2.31. The van der Waals surface area contributed by atoms with Gasteiger partial charge in [0.15, 0.2) is 28.5 Å². The maximum atomic E-state index is 14.0. The van der Waals surface area contributed by atoms with Gasteiger partial charge in [-0.05, 0) is 128 Å². The largest absolute Gasteiger partial charge is 0.478 e. The van der Waals surface area contributed by atoms with Crippen molar-refractivity contribution >= 4 is 117 Å². The summed E-state index contributed by atoms with van der Waals surface area (Å²) in [7, 11) is 3.35. The highest BCUT2D eigenvalue weighted by molar-refractivity contribution is 6.32. The van der Waals surface area contributed by atoms with Gasteiger partial charge in [0.2, 0.25) is 0 Å². The van der Waals surface area contributed by atoms with E-state index in [1.54, 1.807) is 143 Å². The van der Waals surface area contributed by atoms with Crippen molar-refractivity contribution in [2.45, 2.75) is 148 Å². The summed E-state index contributed by atoms with van der Waals surface area (Å²) in [6.07, 6.45) is -20.9. The van der Waals surface area contributed by atoms with Crippen molar-refractivity contribution in [2.24, 2.45) is 0 Å². The number of carbonyl (C=O) groups is 7. The maximum absolute atomic E-state index is 14.0. The van der Waals surface area contributed by atoms with Gasteiger partial charge in [0.25, 0.3) is 11.8 Å². The predicted molar refractivity (Wildman–Crippen MR) is 470 cm³/mol. The molecule has 137 heavy (non-hydrogen) atoms. The number of amides is 2. The molecule has 730 valence electrons. The Balaban J connectivity index is 0.000000157. The second kappa shape index (κ2) is 43.0. The minimum absolute atomic E-state index is 0.0269. The number of rotatable bonds is 19. The number of esters is 3. The topological polar surface area (TPSA) is 326 Å². The summed E-state index contributed by atoms with van der Waals surface area (Å²) in [5, 5.41) is 46.4. The van der Waals surface area contributed by atoms with Crippen molar-refractivity contribution in [3.8, 4) is 0 Å². The molecule has 2 amide bonds. The zero-order valence-electron chi connectivity index (χ0n) is 72.9. The molecule has 0 saturated heterocycles. The van der Waals surface area contributed by atoms with Gasteiger partial charge in [-0.25, -0.2) is 47.4 Å². The lowest BCUT2D eigenvalue weighted by atomic mass is 10.0. The van der Waals surface area contributed by atoms with Gasteiger partial charge in [-0.15, -0.1) is 0 Å². The van der Waals surface area contributed by atoms with Crippen molar-refractivity contribution in [2.75, 3.05) is 79.0 Å². The Morgan fingerprint density at radius 1 is 0.350 bits per heavy atom. The minimum Gasteiger partial charge on any atom is -0.478 e. The standard InChI is InChI=1S/C25H24ClF3N4O3.C24H22ClF3N4O3.C16H15ClF3N3O2.C15H13ClF3N3O2.C9H10F3N3O2/c1-15(16-8-10-17(11-9-16)24(35)36-2)30-22(34)20-21(25(27,28)29)31-33-13-5-12-32(23(20)33)14-18-6-3-4-7-19(18)26;1-14(15-7-9-16(10-8-15)23(34)35)29-21(33)19-20(24(26,27)28)30-32-12-4-11-31(22(19)32)13-17-5-2-3-6-18(17)25;1-25-15(24)12-13(16(18,19)20)21-23-8-4-7-22(14(12)23)9-10-5-2-3-6-11(10)17;16-10-5-2-1-4-9(10)8-21-6-3-7-22-13(21)11(14(23)24)12(20-22)15(17,18)19;1-17-8(16)5-6(9(10,11)12)14-15-4-2-3-13-7(5)15/h3-4,6-11,15H,5,12-14H2,1-2H3,(H,30,34);2-3,5-10,14H,4,11-13H2,1H3,(H,29,33)(H,34,35);2-3,5-6H,4,7-9H2,1H3;1-2,4-5H,3,6-8H2,(H,23,24);13H,2-4H2,1H3/t15-;14-;;;/m00.../s1. The fraction of sp³-hybridized carbons (Fsp3) is 0.348. The van der Waals surface area contributed by atoms with E-state index < -0.39 is 141 Å². The van der Waals surface area contributed by atoms with E-state index in [1.165, 1.54) is 57.6 Å². The fourth-order valence-electron chi connectivity index (χ4n) is 15.8. The van der Waals surface area contributed by atoms with Crippen molar-refractivity contribution in [3.05, 3.63) is 266 Å². The number of fused-ring (bicyclic) bond motifs is 5. The van der Waals surface area contributed by atoms with Crippen LogP contribution in [0.1, 0.15) is 192 Å². The number of aromatic nitrogens is 10. The summed E-state index contributed by atoms with van der Waals surface area (Å²) in [6, 6.07) is 38.8. The summed E-state index contributed by atoms with van der Waals surface area (Å²) < 4.78 is 221. The lowest BCUT2D eigenvalue weighted by Crippen LogP contribution is -2.35. The maximum Gasteiger partial charge on any atom is 0.436 e. The van der Waals surface area contributed by atoms with Gasteiger partial charge in [0.1, 0.15) is 56.9 Å². The molecule has 0 radical (unpaired) electrons. The molecule has 48 heteroatoms. The number of anilines is 5. The van der Waals surface area contributed by atoms with Crippen LogP contribution in [0.15, 0.2) is 146 Å². The Hall–Kier alpha value is -13.2. The molecule has 0 fully saturated rings. The monoisotopic (exact) mass is 2010 g/mol. The lowest BCUT2D eigenvalue weighted by molar-refractivity contribution is -0.142. The second-order valence-electron chi connectivity index (χ2n) is 31.3. The second-order valence-corrected chi connectivity index (χ2v) is 33.0. The molecular weight excluding hydrogens is 1930 g/mol. The molecule has 5 aliphatic rings. The summed E-state index contributed by atoms with van der Waals surface area (Å²) >= 11 is 24.8. The van der Waals surface area contributed by atoms with Crippen LogP contribution >= 0.6 is 46.4 Å². The number of ether oxygens (including phenoxy) is 3. The first-order valence-corrected chi connectivity index (χ1v) is 43.3. The van der Waals surface area contributed by atoms with Gasteiger partial charge in [0.05, 0.1) is 44.5 Å². The van der Waals surface area contributed by atoms with Crippen LogP contribution in [0.4, 0.5) is 94.9 Å². The fourth-order valence-corrected chi connectivity index (χ4v) is 16.6. The number of carboxylic acid groups (broad SMARTS) is 2. The van der Waals surface area contributed by atoms with Crippen LogP contribution in [0.3, 0.4) is 0 Å². The number of hydrogen-bond acceptors (Lipinski definition) is 20. The molecule has 16 rings (SSSR count). The molecule has 0 bridgehead atoms. The van der Waals surface area contributed by atoms with Gasteiger partial charge in [0, 0.05) is 112 Å². The SMILES string of the molecule is COC(=O)c1c(C(F)(F)F)nn2c1N(Cc1ccccc1Cl)CCC2.COC(=O)c1c(C(F)(F)F)nn2c1NCCC2.COC(=O)c1ccc([C@H](C)NC(=O)c2c(C(F)(F)F)nn3c2N(Cc2ccccc2Cl)CCC3)cc1.C[C@H](NC(=O)c1c(C(F)(F)F)nn2c1N(Cc1ccccc1Cl)CCC2)c1ccc(C(=O)O)cc1.O=C(O)c1c(C(F)(F)F)nn2c1N(Cc1ccccc1Cl)CCC2. The number of hydrogen-bond donors (Lipinski definition) is 5. The van der Waals surface area contributed by atoms with Crippen LogP contribution in [0.5, 0.6) is 0 Å². The summed E-state index contributed by atoms with van der Waals surface area (Å²) in [5.74, 6) is -6.79. The Morgan fingerprint density at radius 3 is 0.927 bits per heavy atom. The van der Waals surface area contributed by atoms with Crippen molar-refractivity contribution in [3.63, 3.8) is 0 Å². The number of benzene rings is 6. The van der Waals surface area contributed by atoms with E-state index in [2.05, 4.69) is 55.7 Å². The number of halogens is 19. The summed E-state index contributed by atoms with van der Waals surface area (Å²) in [4.78, 5) is 90.9. The molecule has 10 heterocycles. The Morgan fingerprint density at radius 2 is 0.620 bits per heavy atom. The number of aromatic carboxylic acids is 2. The molecule has 6 aromatic carbocycles. The third-order valence-electron chi connectivity index (χ3n) is 22.1. The Bertz CT molecular complexity index is 6260. The molecule has 0 saturated carbocycles. The highest BCUT2D eigenvalue weighted by atomic mass is 35.5. The van der Waals surface area contributed by atoms with Crippen molar-refractivity contribution < 1.29 is 124 Å². The van der Waals surface area contributed by atoms with E-state index in [4.69, 9.17) is 51.5 Å². The highest BCUT2D eigenvalue weighted by Crippen LogP contribution is 2.45. The Labute approximate surface area is 789 Å². The predicted octanol–water partition coefficient (Wildman–Crippen LogP) is 19.3. The first kappa shape index (κ1) is 103. The van der Waals surface area contributed by atoms with E-state index in [0.29, 0.717) is 120 Å². The first-order valence-electron chi connectivity index (χ1n) is 41.8. The third-order valence-corrected chi connectivity index (χ3v) is 23.6. The molecule has 29 nitrogen and oxygen atoms in total. The van der Waals surface area contributed by atoms with Crippen LogP contribution in [-0.4, -0.2) is 155 Å². The molecule has 5 aromatic heterocycles. The third kappa shape index (κ3) is 23.9. The average molecular weight is 2010 g/mol. The zero-order chi connectivity index (χ0) is 99.7. The van der Waals surface area contributed by atoms with Gasteiger partial charge >= 0.3 is 60.7 Å². The normalized spacial score (nSPS) is 14.5. The van der Waals surface area contributed by atoms with E-state index in [9.17, 15) is 105 Å². The van der Waals surface area contributed by atoms with Crippen LogP contribution in [-0.2, 0) is 104 Å². The molecular formula is C89H84Cl4F15N17O12. The molecule has 11 aromatic rings. The smallest absolute Gasteiger partial charge is 0.436 e. The van der Waals surface area contributed by atoms with Gasteiger partial charge in [-0.3, -0.25) is 9.59 Å². The number of carbonyl (C=O) groups excluding carboxylic acids is 5. The number of alkyl halides is 15. The molecule has 5 N–H and O–H groups in total. The number of aryl methyl sites for hydroxylation is 5. The van der Waals surface area contributed by atoms with Crippen LogP contribution in [0.25, 0.3) is 0 Å². The number of carboxylic acids is 2. The number of nitrogens with zero attached hydrogens (tertiary/aromatic N) is 14. The first-order chi connectivity index (χ1) is 64.7. The molecule has 0 unspecified atom stereocenters. The number of nitrogens with one attached hydrogen (secondary N) is 3. The van der Waals surface area contributed by atoms with Crippen LogP contribution in [0.2, 0.25) is 20.1 Å². The van der Waals surface area contributed by atoms with E-state index in [-0.39, 0.29) is 80.5 Å². The summed E-state index contributed by atoms with van der Waals surface area (Å²) in [5.41, 5.74) is -4.78. The molecule has 0 spiro atoms. The van der Waals surface area contributed by atoms with Crippen LogP contribution in [0, 0.1) is 0 Å². The summed E-state index contributed by atoms with van der Waals surface area (Å²) in [6.45, 7) is 7.87. The zero-order valence-corrected chi connectivity index (χ0v) is 75.9. The highest BCUT2D eigenvalue weighted by Gasteiger charge is 2.49. The molecule has 2 atom stereocenters. The van der Waals surface area contributed by atoms with Crippen LogP contribution < -0.4 is 35.6 Å². The van der Waals surface area contributed by atoms with Crippen molar-refractivity contribution in [1.82, 2.24) is 59.5 Å². The molecule has 0 aliphatic carbocycles. The van der Waals surface area contributed by atoms with E-state index in [1.807, 2.05) is 0 Å². The Kier molecular flexibility index (Phi) is 32.2. The molecule has 5 aliphatic heterocycles. The van der Waals surface area contributed by atoms with E-state index >= 15 is 0 Å². The quantitative estimate of drug-likeness (QED) is 0.0285.